The number of nitrogens with zero attached hydrogens (tertiary/aromatic N) is 2. The fraction of sp³-hybridized carbons (Fsp3) is 0.200. The SMILES string of the molecule is CN(Cc1ccc([S@@](C)=O)cc1)C(=O)Nc1ccc(F)cn1. The van der Waals surface area contributed by atoms with Gasteiger partial charge in [-0.15, -0.1) is 0 Å². The van der Waals surface area contributed by atoms with Gasteiger partial charge in [-0.05, 0) is 29.8 Å². The number of aromatic nitrogens is 1. The van der Waals surface area contributed by atoms with Crippen LogP contribution in [0.1, 0.15) is 5.56 Å². The smallest absolute Gasteiger partial charge is 0.323 e. The summed E-state index contributed by atoms with van der Waals surface area (Å²) in [4.78, 5) is 18.0. The van der Waals surface area contributed by atoms with Crippen LogP contribution in [-0.2, 0) is 17.3 Å². The number of carbonyl (C=O) groups excluding carboxylic acids is 1. The predicted octanol–water partition coefficient (Wildman–Crippen LogP) is 2.62. The average Bonchev–Trinajstić information content (AvgIpc) is 2.50. The number of nitrogens with one attached hydrogen (secondary N) is 1. The Morgan fingerprint density at radius 1 is 1.27 bits per heavy atom. The second kappa shape index (κ2) is 7.13. The first-order valence-electron chi connectivity index (χ1n) is 6.52. The van der Waals surface area contributed by atoms with Crippen LogP contribution in [-0.4, -0.2) is 33.4 Å². The number of amides is 2. The molecule has 0 saturated heterocycles. The lowest BCUT2D eigenvalue weighted by molar-refractivity contribution is 0.220. The minimum Gasteiger partial charge on any atom is -0.323 e. The molecule has 116 valence electrons. The Morgan fingerprint density at radius 2 is 1.95 bits per heavy atom. The summed E-state index contributed by atoms with van der Waals surface area (Å²) < 4.78 is 24.1. The summed E-state index contributed by atoms with van der Waals surface area (Å²) in [7, 11) is 0.625. The van der Waals surface area contributed by atoms with Crippen molar-refractivity contribution in [2.75, 3.05) is 18.6 Å². The zero-order valence-electron chi connectivity index (χ0n) is 12.2. The van der Waals surface area contributed by atoms with Gasteiger partial charge in [-0.3, -0.25) is 9.53 Å². The number of anilines is 1. The fourth-order valence-corrected chi connectivity index (χ4v) is 2.31. The quantitative estimate of drug-likeness (QED) is 0.941. The molecule has 0 aliphatic rings. The van der Waals surface area contributed by atoms with Crippen LogP contribution in [0.5, 0.6) is 0 Å². The molecule has 0 aliphatic carbocycles. The van der Waals surface area contributed by atoms with E-state index in [1.165, 1.54) is 17.0 Å². The van der Waals surface area contributed by atoms with Gasteiger partial charge in [-0.1, -0.05) is 12.1 Å². The number of urea groups is 1. The lowest BCUT2D eigenvalue weighted by Crippen LogP contribution is -2.31. The standard InChI is InChI=1S/C15H16FN3O2S/c1-19(10-11-3-6-13(7-4-11)22(2)21)15(20)18-14-8-5-12(16)9-17-14/h3-9H,10H2,1-2H3,(H,17,18,20)/t22-/m1/s1. The van der Waals surface area contributed by atoms with E-state index >= 15 is 0 Å². The molecule has 0 aliphatic heterocycles. The van der Waals surface area contributed by atoms with Crippen molar-refractivity contribution in [2.24, 2.45) is 0 Å². The summed E-state index contributed by atoms with van der Waals surface area (Å²) in [6.07, 6.45) is 2.66. The van der Waals surface area contributed by atoms with Crippen LogP contribution in [0.4, 0.5) is 15.0 Å². The number of hydrogen-bond acceptors (Lipinski definition) is 3. The van der Waals surface area contributed by atoms with Crippen LogP contribution in [0.25, 0.3) is 0 Å². The number of hydrogen-bond donors (Lipinski definition) is 1. The first-order valence-corrected chi connectivity index (χ1v) is 8.07. The minimum atomic E-state index is -1.02. The zero-order chi connectivity index (χ0) is 16.1. The first kappa shape index (κ1) is 16.1. The Bertz CT molecular complexity index is 674. The molecule has 0 unspecified atom stereocenters. The normalized spacial score (nSPS) is 11.8. The van der Waals surface area contributed by atoms with E-state index in [2.05, 4.69) is 10.3 Å². The number of halogens is 1. The number of carbonyl (C=O) groups is 1. The Labute approximate surface area is 130 Å². The predicted molar refractivity (Wildman–Crippen MR) is 83.5 cm³/mol. The molecule has 1 aromatic carbocycles. The van der Waals surface area contributed by atoms with Crippen LogP contribution in [0, 0.1) is 5.82 Å². The molecule has 0 fully saturated rings. The molecule has 2 aromatic rings. The molecular formula is C15H16FN3O2S. The maximum absolute atomic E-state index is 12.8. The summed E-state index contributed by atoms with van der Waals surface area (Å²) >= 11 is 0. The summed E-state index contributed by atoms with van der Waals surface area (Å²) in [5.74, 6) is -0.172. The third kappa shape index (κ3) is 4.36. The highest BCUT2D eigenvalue weighted by molar-refractivity contribution is 7.84. The largest absolute Gasteiger partial charge is 0.323 e. The van der Waals surface area contributed by atoms with Gasteiger partial charge in [0.15, 0.2) is 0 Å². The van der Waals surface area contributed by atoms with Gasteiger partial charge in [0, 0.05) is 35.5 Å². The highest BCUT2D eigenvalue weighted by Gasteiger charge is 2.10. The van der Waals surface area contributed by atoms with Gasteiger partial charge in [0.25, 0.3) is 0 Å². The number of pyridine rings is 1. The second-order valence-corrected chi connectivity index (χ2v) is 6.13. The molecule has 7 heteroatoms. The number of benzene rings is 1. The highest BCUT2D eigenvalue weighted by Crippen LogP contribution is 2.10. The van der Waals surface area contributed by atoms with E-state index in [4.69, 9.17) is 0 Å². The molecule has 22 heavy (non-hydrogen) atoms. The molecule has 1 N–H and O–H groups in total. The first-order chi connectivity index (χ1) is 10.5. The molecule has 0 saturated carbocycles. The van der Waals surface area contributed by atoms with Gasteiger partial charge >= 0.3 is 6.03 Å². The lowest BCUT2D eigenvalue weighted by atomic mass is 10.2. The van der Waals surface area contributed by atoms with Crippen molar-refractivity contribution in [1.82, 2.24) is 9.88 Å². The van der Waals surface area contributed by atoms with Crippen molar-refractivity contribution in [2.45, 2.75) is 11.4 Å². The van der Waals surface area contributed by atoms with Crippen molar-refractivity contribution < 1.29 is 13.4 Å². The molecule has 2 amide bonds. The Morgan fingerprint density at radius 3 is 2.50 bits per heavy atom. The van der Waals surface area contributed by atoms with Crippen LogP contribution in [0.2, 0.25) is 0 Å². The van der Waals surface area contributed by atoms with Crippen molar-refractivity contribution >= 4 is 22.6 Å². The molecular weight excluding hydrogens is 305 g/mol. The summed E-state index contributed by atoms with van der Waals surface area (Å²) in [6.45, 7) is 0.393. The van der Waals surface area contributed by atoms with Gasteiger partial charge in [0.1, 0.15) is 11.6 Å². The van der Waals surface area contributed by atoms with E-state index in [0.717, 1.165) is 16.7 Å². The highest BCUT2D eigenvalue weighted by atomic mass is 32.2. The maximum Gasteiger partial charge on any atom is 0.323 e. The molecule has 0 spiro atoms. The summed E-state index contributed by atoms with van der Waals surface area (Å²) in [5.41, 5.74) is 0.916. The van der Waals surface area contributed by atoms with Gasteiger partial charge in [-0.25, -0.2) is 14.2 Å². The van der Waals surface area contributed by atoms with Gasteiger partial charge in [0.05, 0.1) is 6.20 Å². The van der Waals surface area contributed by atoms with Gasteiger partial charge in [-0.2, -0.15) is 0 Å². The summed E-state index contributed by atoms with van der Waals surface area (Å²) in [5, 5.41) is 2.58. The Balaban J connectivity index is 1.95. The van der Waals surface area contributed by atoms with Gasteiger partial charge in [0.2, 0.25) is 0 Å². The number of rotatable bonds is 4. The molecule has 0 bridgehead atoms. The van der Waals surface area contributed by atoms with Crippen molar-refractivity contribution in [3.63, 3.8) is 0 Å². The average molecular weight is 321 g/mol. The van der Waals surface area contributed by atoms with E-state index in [1.54, 1.807) is 25.4 Å². The van der Waals surface area contributed by atoms with Crippen LogP contribution < -0.4 is 5.32 Å². The monoisotopic (exact) mass is 321 g/mol. The third-order valence-electron chi connectivity index (χ3n) is 2.98. The van der Waals surface area contributed by atoms with E-state index in [1.807, 2.05) is 12.1 Å². The summed E-state index contributed by atoms with van der Waals surface area (Å²) in [6, 6.07) is 9.49. The molecule has 1 heterocycles. The molecule has 1 aromatic heterocycles. The fourth-order valence-electron chi connectivity index (χ4n) is 1.79. The van der Waals surface area contributed by atoms with Crippen LogP contribution >= 0.6 is 0 Å². The minimum absolute atomic E-state index is 0.287. The molecule has 0 radical (unpaired) electrons. The van der Waals surface area contributed by atoms with Gasteiger partial charge < -0.3 is 4.90 Å². The third-order valence-corrected chi connectivity index (χ3v) is 3.92. The molecule has 1 atom stereocenters. The zero-order valence-corrected chi connectivity index (χ0v) is 13.1. The topological polar surface area (TPSA) is 62.3 Å². The van der Waals surface area contributed by atoms with Crippen LogP contribution in [0.15, 0.2) is 47.5 Å². The maximum atomic E-state index is 12.8. The Hall–Kier alpha value is -2.28. The molecule has 5 nitrogen and oxygen atoms in total. The van der Waals surface area contributed by atoms with Crippen LogP contribution in [0.3, 0.4) is 0 Å². The van der Waals surface area contributed by atoms with Crippen molar-refractivity contribution in [3.05, 3.63) is 54.0 Å². The molecule has 2 rings (SSSR count). The Kier molecular flexibility index (Phi) is 5.21. The lowest BCUT2D eigenvalue weighted by Gasteiger charge is -2.17. The van der Waals surface area contributed by atoms with E-state index < -0.39 is 16.6 Å². The van der Waals surface area contributed by atoms with Crippen molar-refractivity contribution in [1.29, 1.82) is 0 Å². The van der Waals surface area contributed by atoms with E-state index in [-0.39, 0.29) is 11.8 Å². The van der Waals surface area contributed by atoms with Crippen molar-refractivity contribution in [3.8, 4) is 0 Å². The second-order valence-electron chi connectivity index (χ2n) is 4.75. The van der Waals surface area contributed by atoms with E-state index in [9.17, 15) is 13.4 Å². The van der Waals surface area contributed by atoms with E-state index in [0.29, 0.717) is 6.54 Å².